The molecule has 0 radical (unpaired) electrons. The molecule has 0 saturated heterocycles. The van der Waals surface area contributed by atoms with Crippen molar-refractivity contribution in [2.24, 2.45) is 5.92 Å². The Morgan fingerprint density at radius 3 is 2.37 bits per heavy atom. The third kappa shape index (κ3) is 4.38. The summed E-state index contributed by atoms with van der Waals surface area (Å²) in [5, 5.41) is 0.781. The van der Waals surface area contributed by atoms with Crippen LogP contribution in [-0.2, 0) is 6.54 Å². The van der Waals surface area contributed by atoms with Gasteiger partial charge in [-0.05, 0) is 23.6 Å². The minimum atomic E-state index is 0.00475. The van der Waals surface area contributed by atoms with E-state index < -0.39 is 0 Å². The van der Waals surface area contributed by atoms with Crippen LogP contribution in [0.5, 0.6) is 0 Å². The first kappa shape index (κ1) is 19.8. The number of hydrogen-bond acceptors (Lipinski definition) is 3. The third-order valence-corrected chi connectivity index (χ3v) is 5.00. The SMILES string of the molecule is CC(C)CN(Cc1ccccc1)C(=O)c1cc(-c2ccccc2)nc2ccncc12. The maximum atomic E-state index is 13.8. The van der Waals surface area contributed by atoms with Gasteiger partial charge in [0.2, 0.25) is 0 Å². The number of benzene rings is 2. The maximum Gasteiger partial charge on any atom is 0.254 e. The fourth-order valence-corrected chi connectivity index (χ4v) is 3.64. The van der Waals surface area contributed by atoms with E-state index in [-0.39, 0.29) is 5.91 Å². The summed E-state index contributed by atoms with van der Waals surface area (Å²) in [6, 6.07) is 23.9. The molecular weight excluding hydrogens is 370 g/mol. The Kier molecular flexibility index (Phi) is 5.84. The number of carbonyl (C=O) groups excluding carboxylic acids is 1. The van der Waals surface area contributed by atoms with Crippen molar-refractivity contribution in [1.29, 1.82) is 0 Å². The van der Waals surface area contributed by atoms with Crippen molar-refractivity contribution < 1.29 is 4.79 Å². The zero-order valence-electron chi connectivity index (χ0n) is 17.3. The highest BCUT2D eigenvalue weighted by Gasteiger charge is 2.21. The van der Waals surface area contributed by atoms with Crippen molar-refractivity contribution in [2.75, 3.05) is 6.54 Å². The molecule has 0 aliphatic heterocycles. The molecule has 0 spiro atoms. The molecule has 4 heteroatoms. The van der Waals surface area contributed by atoms with Gasteiger partial charge in [0.05, 0.1) is 16.8 Å². The Labute approximate surface area is 177 Å². The fourth-order valence-electron chi connectivity index (χ4n) is 3.64. The van der Waals surface area contributed by atoms with Crippen LogP contribution in [0.1, 0.15) is 29.8 Å². The van der Waals surface area contributed by atoms with E-state index in [2.05, 4.69) is 31.0 Å². The first-order valence-electron chi connectivity index (χ1n) is 10.2. The summed E-state index contributed by atoms with van der Waals surface area (Å²) >= 11 is 0. The van der Waals surface area contributed by atoms with Crippen LogP contribution in [0.4, 0.5) is 0 Å². The van der Waals surface area contributed by atoms with E-state index in [1.54, 1.807) is 12.4 Å². The molecule has 0 unspecified atom stereocenters. The van der Waals surface area contributed by atoms with Gasteiger partial charge < -0.3 is 4.90 Å². The molecule has 0 atom stereocenters. The Balaban J connectivity index is 1.79. The predicted molar refractivity (Wildman–Crippen MR) is 121 cm³/mol. The number of fused-ring (bicyclic) bond motifs is 1. The van der Waals surface area contributed by atoms with Crippen LogP contribution in [0.3, 0.4) is 0 Å². The van der Waals surface area contributed by atoms with Gasteiger partial charge in [-0.2, -0.15) is 0 Å². The Morgan fingerprint density at radius 2 is 1.67 bits per heavy atom. The van der Waals surface area contributed by atoms with Gasteiger partial charge in [-0.3, -0.25) is 9.78 Å². The molecule has 4 aromatic rings. The van der Waals surface area contributed by atoms with E-state index in [1.807, 2.05) is 65.6 Å². The maximum absolute atomic E-state index is 13.8. The van der Waals surface area contributed by atoms with Crippen LogP contribution >= 0.6 is 0 Å². The molecular formula is C26H25N3O. The Bertz CT molecular complexity index is 1140. The minimum Gasteiger partial charge on any atom is -0.334 e. The molecule has 2 aromatic carbocycles. The van der Waals surface area contributed by atoms with Gasteiger partial charge in [0, 0.05) is 36.4 Å². The number of hydrogen-bond donors (Lipinski definition) is 0. The van der Waals surface area contributed by atoms with Crippen LogP contribution in [0, 0.1) is 5.92 Å². The van der Waals surface area contributed by atoms with E-state index in [0.717, 1.165) is 27.7 Å². The molecule has 0 N–H and O–H groups in total. The van der Waals surface area contributed by atoms with Gasteiger partial charge in [0.25, 0.3) is 5.91 Å². The summed E-state index contributed by atoms with van der Waals surface area (Å²) in [7, 11) is 0. The largest absolute Gasteiger partial charge is 0.334 e. The molecule has 2 heterocycles. The molecule has 4 nitrogen and oxygen atoms in total. The summed E-state index contributed by atoms with van der Waals surface area (Å²) in [6.45, 7) is 5.51. The zero-order valence-corrected chi connectivity index (χ0v) is 17.3. The second kappa shape index (κ2) is 8.87. The monoisotopic (exact) mass is 395 g/mol. The highest BCUT2D eigenvalue weighted by Crippen LogP contribution is 2.26. The Morgan fingerprint density at radius 1 is 0.967 bits per heavy atom. The summed E-state index contributed by atoms with van der Waals surface area (Å²) < 4.78 is 0. The number of rotatable bonds is 6. The highest BCUT2D eigenvalue weighted by molar-refractivity contribution is 6.07. The quantitative estimate of drug-likeness (QED) is 0.427. The molecule has 0 saturated carbocycles. The molecule has 4 rings (SSSR count). The molecule has 30 heavy (non-hydrogen) atoms. The average molecular weight is 396 g/mol. The lowest BCUT2D eigenvalue weighted by Crippen LogP contribution is -2.34. The summed E-state index contributed by atoms with van der Waals surface area (Å²) in [4.78, 5) is 24.7. The van der Waals surface area contributed by atoms with E-state index in [0.29, 0.717) is 24.6 Å². The van der Waals surface area contributed by atoms with E-state index in [9.17, 15) is 4.79 Å². The van der Waals surface area contributed by atoms with Crippen molar-refractivity contribution in [1.82, 2.24) is 14.9 Å². The van der Waals surface area contributed by atoms with Crippen molar-refractivity contribution in [3.8, 4) is 11.3 Å². The second-order valence-corrected chi connectivity index (χ2v) is 7.88. The zero-order chi connectivity index (χ0) is 20.9. The number of aromatic nitrogens is 2. The standard InChI is InChI=1S/C26H25N3O/c1-19(2)17-29(18-20-9-5-3-6-10-20)26(30)22-15-25(21-11-7-4-8-12-21)28-24-13-14-27-16-23(22)24/h3-16,19H,17-18H2,1-2H3. The lowest BCUT2D eigenvalue weighted by atomic mass is 10.0. The second-order valence-electron chi connectivity index (χ2n) is 7.88. The highest BCUT2D eigenvalue weighted by atomic mass is 16.2. The number of pyridine rings is 2. The molecule has 0 aliphatic rings. The molecule has 0 bridgehead atoms. The molecule has 1 amide bonds. The lowest BCUT2D eigenvalue weighted by Gasteiger charge is -2.25. The van der Waals surface area contributed by atoms with Crippen LogP contribution in [0.2, 0.25) is 0 Å². The minimum absolute atomic E-state index is 0.00475. The van der Waals surface area contributed by atoms with Gasteiger partial charge in [-0.15, -0.1) is 0 Å². The van der Waals surface area contributed by atoms with Crippen LogP contribution < -0.4 is 0 Å². The lowest BCUT2D eigenvalue weighted by molar-refractivity contribution is 0.0724. The molecule has 150 valence electrons. The average Bonchev–Trinajstić information content (AvgIpc) is 2.78. The van der Waals surface area contributed by atoms with Crippen LogP contribution in [0.25, 0.3) is 22.2 Å². The smallest absolute Gasteiger partial charge is 0.254 e. The predicted octanol–water partition coefficient (Wildman–Crippen LogP) is 5.60. The molecule has 0 aliphatic carbocycles. The van der Waals surface area contributed by atoms with Crippen molar-refractivity contribution >= 4 is 16.8 Å². The number of amides is 1. The van der Waals surface area contributed by atoms with Gasteiger partial charge >= 0.3 is 0 Å². The summed E-state index contributed by atoms with van der Waals surface area (Å²) in [6.07, 6.45) is 3.45. The van der Waals surface area contributed by atoms with Gasteiger partial charge in [-0.25, -0.2) is 4.98 Å². The van der Waals surface area contributed by atoms with Gasteiger partial charge in [-0.1, -0.05) is 74.5 Å². The van der Waals surface area contributed by atoms with Crippen molar-refractivity contribution in [2.45, 2.75) is 20.4 Å². The third-order valence-electron chi connectivity index (χ3n) is 5.00. The molecule has 0 fully saturated rings. The fraction of sp³-hybridized carbons (Fsp3) is 0.192. The van der Waals surface area contributed by atoms with Crippen LogP contribution in [0.15, 0.2) is 85.2 Å². The molecule has 2 aromatic heterocycles. The van der Waals surface area contributed by atoms with Gasteiger partial charge in [0.1, 0.15) is 0 Å². The first-order valence-corrected chi connectivity index (χ1v) is 10.2. The Hall–Kier alpha value is -3.53. The van der Waals surface area contributed by atoms with Gasteiger partial charge in [0.15, 0.2) is 0 Å². The van der Waals surface area contributed by atoms with Crippen molar-refractivity contribution in [3.05, 3.63) is 96.3 Å². The normalized spacial score (nSPS) is 11.0. The number of carbonyl (C=O) groups is 1. The van der Waals surface area contributed by atoms with Crippen LogP contribution in [-0.4, -0.2) is 27.3 Å². The summed E-state index contributed by atoms with van der Waals surface area (Å²) in [5.74, 6) is 0.364. The van der Waals surface area contributed by atoms with Crippen molar-refractivity contribution in [3.63, 3.8) is 0 Å². The van der Waals surface area contributed by atoms with E-state index >= 15 is 0 Å². The number of nitrogens with zero attached hydrogens (tertiary/aromatic N) is 3. The topological polar surface area (TPSA) is 46.1 Å². The van der Waals surface area contributed by atoms with E-state index in [1.165, 1.54) is 0 Å². The van der Waals surface area contributed by atoms with E-state index in [4.69, 9.17) is 4.98 Å². The first-order chi connectivity index (χ1) is 14.6. The summed E-state index contributed by atoms with van der Waals surface area (Å²) in [5.41, 5.74) is 4.32.